The molecule has 0 aliphatic heterocycles. The Kier molecular flexibility index (Phi) is 16.1. The topological polar surface area (TPSA) is 241 Å². The summed E-state index contributed by atoms with van der Waals surface area (Å²) in [5, 5.41) is 17.3. The molecule has 4 atom stereocenters. The van der Waals surface area contributed by atoms with Crippen LogP contribution in [0.2, 0.25) is 0 Å². The highest BCUT2D eigenvalue weighted by molar-refractivity contribution is 5.94. The fourth-order valence-corrected chi connectivity index (χ4v) is 3.47. The van der Waals surface area contributed by atoms with Gasteiger partial charge in [-0.25, -0.2) is 4.79 Å². The third-order valence-electron chi connectivity index (χ3n) is 5.45. The van der Waals surface area contributed by atoms with Gasteiger partial charge >= 0.3 is 5.97 Å². The molecule has 3 amide bonds. The summed E-state index contributed by atoms with van der Waals surface area (Å²) in [6.45, 7) is 7.85. The first-order valence-electron chi connectivity index (χ1n) is 12.4. The van der Waals surface area contributed by atoms with Crippen LogP contribution in [0.15, 0.2) is 4.99 Å². The second-order valence-corrected chi connectivity index (χ2v) is 9.66. The van der Waals surface area contributed by atoms with E-state index in [1.165, 1.54) is 0 Å². The molecule has 0 aromatic carbocycles. The predicted molar refractivity (Wildman–Crippen MR) is 139 cm³/mol. The summed E-state index contributed by atoms with van der Waals surface area (Å²) in [6.07, 6.45) is 2.42. The number of carbonyl (C=O) groups is 4. The molecule has 13 heteroatoms. The molecule has 4 unspecified atom stereocenters. The van der Waals surface area contributed by atoms with Gasteiger partial charge in [0.1, 0.15) is 18.1 Å². The zero-order valence-corrected chi connectivity index (χ0v) is 22.0. The quantitative estimate of drug-likeness (QED) is 0.0617. The summed E-state index contributed by atoms with van der Waals surface area (Å²) >= 11 is 0. The van der Waals surface area contributed by atoms with Crippen molar-refractivity contribution in [3.8, 4) is 0 Å². The third kappa shape index (κ3) is 13.8. The van der Waals surface area contributed by atoms with Crippen LogP contribution in [0.4, 0.5) is 0 Å². The van der Waals surface area contributed by atoms with Crippen LogP contribution in [0.25, 0.3) is 0 Å². The van der Waals surface area contributed by atoms with E-state index in [1.54, 1.807) is 13.8 Å². The minimum atomic E-state index is -1.17. The van der Waals surface area contributed by atoms with E-state index in [-0.39, 0.29) is 37.2 Å². The Morgan fingerprint density at radius 3 is 1.83 bits per heavy atom. The molecule has 36 heavy (non-hydrogen) atoms. The number of rotatable bonds is 18. The van der Waals surface area contributed by atoms with Gasteiger partial charge in [0.25, 0.3) is 0 Å². The van der Waals surface area contributed by atoms with E-state index in [0.717, 1.165) is 0 Å². The van der Waals surface area contributed by atoms with E-state index in [4.69, 9.17) is 22.9 Å². The number of aliphatic carboxylic acids is 1. The van der Waals surface area contributed by atoms with Crippen molar-refractivity contribution in [2.45, 2.75) is 90.4 Å². The van der Waals surface area contributed by atoms with Crippen LogP contribution < -0.4 is 38.9 Å². The van der Waals surface area contributed by atoms with E-state index in [2.05, 4.69) is 20.9 Å². The Bertz CT molecular complexity index is 740. The molecule has 208 valence electrons. The fraction of sp³-hybridized carbons (Fsp3) is 0.783. The maximum absolute atomic E-state index is 13.2. The number of carboxylic acid groups (broad SMARTS) is 1. The van der Waals surface area contributed by atoms with Crippen molar-refractivity contribution in [3.63, 3.8) is 0 Å². The summed E-state index contributed by atoms with van der Waals surface area (Å²) in [4.78, 5) is 54.2. The first-order chi connectivity index (χ1) is 16.8. The van der Waals surface area contributed by atoms with Gasteiger partial charge in [0.05, 0.1) is 6.04 Å². The van der Waals surface area contributed by atoms with Crippen LogP contribution in [0.1, 0.15) is 66.2 Å². The number of unbranched alkanes of at least 4 members (excludes halogenated alkanes) is 1. The number of nitrogens with one attached hydrogen (secondary N) is 3. The maximum Gasteiger partial charge on any atom is 0.326 e. The minimum absolute atomic E-state index is 0.0891. The minimum Gasteiger partial charge on any atom is -0.480 e. The van der Waals surface area contributed by atoms with Gasteiger partial charge in [0, 0.05) is 6.54 Å². The summed E-state index contributed by atoms with van der Waals surface area (Å²) in [6, 6.07) is -3.92. The van der Waals surface area contributed by atoms with E-state index in [9.17, 15) is 24.3 Å². The molecule has 0 rings (SSSR count). The largest absolute Gasteiger partial charge is 0.480 e. The monoisotopic (exact) mass is 514 g/mol. The molecule has 13 nitrogen and oxygen atoms in total. The number of carboxylic acids is 1. The van der Waals surface area contributed by atoms with Crippen LogP contribution in [0.3, 0.4) is 0 Å². The van der Waals surface area contributed by atoms with Crippen molar-refractivity contribution >= 4 is 29.7 Å². The van der Waals surface area contributed by atoms with Crippen molar-refractivity contribution < 1.29 is 24.3 Å². The van der Waals surface area contributed by atoms with Gasteiger partial charge < -0.3 is 44.0 Å². The molecule has 0 fully saturated rings. The zero-order chi connectivity index (χ0) is 27.8. The Balaban J connectivity index is 5.61. The maximum atomic E-state index is 13.2. The standard InChI is InChI=1S/C23H46N8O5/c1-13(2)12-15(25)19(32)29-17(9-7-11-28-23(26)27)20(33)30-16(8-5-6-10-24)21(34)31-18(14(3)4)22(35)36/h13-18H,5-12,24-25H2,1-4H3,(H,29,32)(H,30,33)(H,31,34)(H,35,36)(H4,26,27,28). The van der Waals surface area contributed by atoms with E-state index >= 15 is 0 Å². The van der Waals surface area contributed by atoms with Crippen molar-refractivity contribution in [2.75, 3.05) is 13.1 Å². The van der Waals surface area contributed by atoms with Gasteiger partial charge in [0.2, 0.25) is 17.7 Å². The highest BCUT2D eigenvalue weighted by atomic mass is 16.4. The van der Waals surface area contributed by atoms with Crippen molar-refractivity contribution in [1.82, 2.24) is 16.0 Å². The summed E-state index contributed by atoms with van der Waals surface area (Å²) in [5.74, 6) is -3.14. The van der Waals surface area contributed by atoms with Gasteiger partial charge in [-0.2, -0.15) is 0 Å². The Morgan fingerprint density at radius 2 is 1.36 bits per heavy atom. The lowest BCUT2D eigenvalue weighted by Crippen LogP contribution is -2.57. The molecule has 0 spiro atoms. The highest BCUT2D eigenvalue weighted by Crippen LogP contribution is 2.08. The Labute approximate surface area is 213 Å². The average Bonchev–Trinajstić information content (AvgIpc) is 2.77. The summed E-state index contributed by atoms with van der Waals surface area (Å²) < 4.78 is 0. The number of nitrogens with two attached hydrogens (primary N) is 4. The lowest BCUT2D eigenvalue weighted by Gasteiger charge is -2.26. The van der Waals surface area contributed by atoms with Crippen LogP contribution in [-0.2, 0) is 19.2 Å². The van der Waals surface area contributed by atoms with Crippen molar-refractivity contribution in [1.29, 1.82) is 0 Å². The number of hydrogen-bond donors (Lipinski definition) is 8. The second-order valence-electron chi connectivity index (χ2n) is 9.66. The van der Waals surface area contributed by atoms with Crippen LogP contribution in [-0.4, -0.2) is 72.0 Å². The SMILES string of the molecule is CC(C)CC(N)C(=O)NC(CCCN=C(N)N)C(=O)NC(CCCCN)C(=O)NC(C(=O)O)C(C)C. The van der Waals surface area contributed by atoms with Crippen molar-refractivity contribution in [2.24, 2.45) is 39.8 Å². The molecule has 0 heterocycles. The predicted octanol–water partition coefficient (Wildman–Crippen LogP) is -1.26. The molecule has 0 aromatic heterocycles. The molecule has 0 bridgehead atoms. The molecule has 12 N–H and O–H groups in total. The zero-order valence-electron chi connectivity index (χ0n) is 22.0. The van der Waals surface area contributed by atoms with Gasteiger partial charge in [-0.3, -0.25) is 19.4 Å². The number of carbonyl (C=O) groups excluding carboxylic acids is 3. The molecule has 0 aromatic rings. The first-order valence-corrected chi connectivity index (χ1v) is 12.4. The molecule has 0 aliphatic carbocycles. The van der Waals surface area contributed by atoms with Gasteiger partial charge in [-0.1, -0.05) is 27.7 Å². The normalized spacial score (nSPS) is 14.4. The van der Waals surface area contributed by atoms with Gasteiger partial charge in [-0.15, -0.1) is 0 Å². The number of aliphatic imine (C=N–C) groups is 1. The summed E-state index contributed by atoms with van der Waals surface area (Å²) in [5.41, 5.74) is 22.2. The van der Waals surface area contributed by atoms with E-state index in [0.29, 0.717) is 32.2 Å². The number of nitrogens with zero attached hydrogens (tertiary/aromatic N) is 1. The average molecular weight is 515 g/mol. The van der Waals surface area contributed by atoms with Crippen LogP contribution >= 0.6 is 0 Å². The second kappa shape index (κ2) is 17.5. The molecule has 0 saturated carbocycles. The molecule has 0 saturated heterocycles. The molecular formula is C23H46N8O5. The lowest BCUT2D eigenvalue weighted by atomic mass is 10.0. The van der Waals surface area contributed by atoms with Crippen molar-refractivity contribution in [3.05, 3.63) is 0 Å². The Morgan fingerprint density at radius 1 is 0.833 bits per heavy atom. The Hall–Kier alpha value is -2.93. The third-order valence-corrected chi connectivity index (χ3v) is 5.45. The smallest absolute Gasteiger partial charge is 0.326 e. The molecular weight excluding hydrogens is 468 g/mol. The highest BCUT2D eigenvalue weighted by Gasteiger charge is 2.31. The van der Waals surface area contributed by atoms with E-state index < -0.39 is 47.9 Å². The van der Waals surface area contributed by atoms with E-state index in [1.807, 2.05) is 13.8 Å². The number of guanidine groups is 1. The fourth-order valence-electron chi connectivity index (χ4n) is 3.47. The number of amides is 3. The molecule has 0 aliphatic rings. The van der Waals surface area contributed by atoms with Crippen LogP contribution in [0, 0.1) is 11.8 Å². The summed E-state index contributed by atoms with van der Waals surface area (Å²) in [7, 11) is 0. The molecule has 0 radical (unpaired) electrons. The van der Waals surface area contributed by atoms with Gasteiger partial charge in [0.15, 0.2) is 5.96 Å². The lowest BCUT2D eigenvalue weighted by molar-refractivity contribution is -0.143. The first kappa shape index (κ1) is 33.1. The number of hydrogen-bond acceptors (Lipinski definition) is 7. The van der Waals surface area contributed by atoms with Gasteiger partial charge in [-0.05, 0) is 56.9 Å². The van der Waals surface area contributed by atoms with Crippen LogP contribution in [0.5, 0.6) is 0 Å².